The highest BCUT2D eigenvalue weighted by Gasteiger charge is 2.14. The molecule has 0 unspecified atom stereocenters. The molecule has 1 heterocycles. The third-order valence-electron chi connectivity index (χ3n) is 3.73. The van der Waals surface area contributed by atoms with Gasteiger partial charge in [-0.3, -0.25) is 14.6 Å². The van der Waals surface area contributed by atoms with Gasteiger partial charge in [0.25, 0.3) is 11.8 Å². The number of hydrogen-bond donors (Lipinski definition) is 3. The number of benzene rings is 2. The molecule has 130 valence electrons. The van der Waals surface area contributed by atoms with Crippen LogP contribution in [0.4, 0.5) is 5.69 Å². The van der Waals surface area contributed by atoms with Gasteiger partial charge in [0.2, 0.25) is 0 Å². The predicted molar refractivity (Wildman–Crippen MR) is 98.3 cm³/mol. The van der Waals surface area contributed by atoms with Crippen molar-refractivity contribution in [1.29, 1.82) is 0 Å². The lowest BCUT2D eigenvalue weighted by Gasteiger charge is -2.08. The lowest BCUT2D eigenvalue weighted by atomic mass is 10.1. The molecule has 0 saturated heterocycles. The van der Waals surface area contributed by atoms with Crippen molar-refractivity contribution in [3.63, 3.8) is 0 Å². The van der Waals surface area contributed by atoms with E-state index < -0.39 is 5.91 Å². The molecule has 0 spiro atoms. The van der Waals surface area contributed by atoms with Crippen LogP contribution in [0.3, 0.4) is 0 Å². The van der Waals surface area contributed by atoms with Crippen molar-refractivity contribution in [2.75, 3.05) is 5.32 Å². The highest BCUT2D eigenvalue weighted by atomic mass is 16.2. The summed E-state index contributed by atoms with van der Waals surface area (Å²) in [7, 11) is 0. The van der Waals surface area contributed by atoms with Gasteiger partial charge < -0.3 is 16.8 Å². The summed E-state index contributed by atoms with van der Waals surface area (Å²) in [6.45, 7) is 0.0606. The van der Waals surface area contributed by atoms with Crippen LogP contribution < -0.4 is 16.8 Å². The molecule has 0 aliphatic rings. The molecular formula is C19H17N5O2. The highest BCUT2D eigenvalue weighted by Crippen LogP contribution is 2.20. The van der Waals surface area contributed by atoms with Crippen LogP contribution in [0.15, 0.2) is 60.8 Å². The minimum atomic E-state index is -0.697. The van der Waals surface area contributed by atoms with E-state index in [9.17, 15) is 9.59 Å². The molecule has 2 amide bonds. The van der Waals surface area contributed by atoms with Gasteiger partial charge in [-0.15, -0.1) is 0 Å². The summed E-state index contributed by atoms with van der Waals surface area (Å²) in [4.78, 5) is 32.4. The monoisotopic (exact) mass is 347 g/mol. The molecule has 0 aliphatic heterocycles. The number of carbonyl (C=O) groups excluding carboxylic acids is 2. The smallest absolute Gasteiger partial charge is 0.269 e. The molecule has 1 aromatic heterocycles. The van der Waals surface area contributed by atoms with Gasteiger partial charge in [-0.25, -0.2) is 4.98 Å². The Labute approximate surface area is 150 Å². The number of nitrogens with two attached hydrogens (primary N) is 2. The highest BCUT2D eigenvalue weighted by molar-refractivity contribution is 6.04. The van der Waals surface area contributed by atoms with E-state index in [0.717, 1.165) is 0 Å². The molecule has 5 N–H and O–H groups in total. The summed E-state index contributed by atoms with van der Waals surface area (Å²) >= 11 is 0. The summed E-state index contributed by atoms with van der Waals surface area (Å²) in [5.41, 5.74) is 13.5. The van der Waals surface area contributed by atoms with E-state index in [4.69, 9.17) is 11.5 Å². The first-order valence-corrected chi connectivity index (χ1v) is 7.91. The van der Waals surface area contributed by atoms with Crippen molar-refractivity contribution >= 4 is 17.5 Å². The lowest BCUT2D eigenvalue weighted by molar-refractivity contribution is 0.0992. The minimum Gasteiger partial charge on any atom is -0.364 e. The quantitative estimate of drug-likeness (QED) is 0.651. The van der Waals surface area contributed by atoms with Gasteiger partial charge in [0.15, 0.2) is 5.69 Å². The third-order valence-corrected chi connectivity index (χ3v) is 3.73. The van der Waals surface area contributed by atoms with Crippen molar-refractivity contribution in [2.24, 2.45) is 11.5 Å². The first-order chi connectivity index (χ1) is 12.6. The van der Waals surface area contributed by atoms with Crippen LogP contribution in [0.1, 0.15) is 26.5 Å². The van der Waals surface area contributed by atoms with Crippen LogP contribution in [0.5, 0.6) is 0 Å². The number of amides is 2. The second-order valence-electron chi connectivity index (χ2n) is 5.52. The van der Waals surface area contributed by atoms with Crippen molar-refractivity contribution in [2.45, 2.75) is 6.54 Å². The van der Waals surface area contributed by atoms with Crippen molar-refractivity contribution in [1.82, 2.24) is 9.97 Å². The minimum absolute atomic E-state index is 0.0316. The van der Waals surface area contributed by atoms with Crippen molar-refractivity contribution < 1.29 is 9.59 Å². The number of primary amides is 1. The SMILES string of the molecule is NCc1ncc(-c2cccc(C(=O)Nc3ccccc3)c2)nc1C(N)=O. The maximum atomic E-state index is 12.4. The van der Waals surface area contributed by atoms with Gasteiger partial charge >= 0.3 is 0 Å². The second kappa shape index (κ2) is 7.54. The molecular weight excluding hydrogens is 330 g/mol. The number of anilines is 1. The average Bonchev–Trinajstić information content (AvgIpc) is 2.68. The molecule has 26 heavy (non-hydrogen) atoms. The van der Waals surface area contributed by atoms with E-state index in [1.54, 1.807) is 36.4 Å². The number of para-hydroxylation sites is 1. The Morgan fingerprint density at radius 3 is 2.50 bits per heavy atom. The Kier molecular flexibility index (Phi) is 5.00. The Bertz CT molecular complexity index is 957. The summed E-state index contributed by atoms with van der Waals surface area (Å²) in [5.74, 6) is -0.947. The molecule has 0 radical (unpaired) electrons. The fourth-order valence-corrected chi connectivity index (χ4v) is 2.44. The molecule has 0 fully saturated rings. The number of carbonyl (C=O) groups is 2. The van der Waals surface area contributed by atoms with Gasteiger partial charge in [-0.1, -0.05) is 30.3 Å². The van der Waals surface area contributed by atoms with Crippen LogP contribution in [0.2, 0.25) is 0 Å². The van der Waals surface area contributed by atoms with Crippen molar-refractivity contribution in [3.05, 3.63) is 77.7 Å². The predicted octanol–water partition coefficient (Wildman–Crippen LogP) is 1.95. The van der Waals surface area contributed by atoms with Crippen LogP contribution >= 0.6 is 0 Å². The topological polar surface area (TPSA) is 124 Å². The zero-order valence-corrected chi connectivity index (χ0v) is 13.8. The Morgan fingerprint density at radius 2 is 1.81 bits per heavy atom. The normalized spacial score (nSPS) is 10.3. The zero-order chi connectivity index (χ0) is 18.5. The van der Waals surface area contributed by atoms with Crippen LogP contribution in [-0.2, 0) is 6.54 Å². The molecule has 0 atom stereocenters. The molecule has 3 rings (SSSR count). The summed E-state index contributed by atoms with van der Waals surface area (Å²) in [6.07, 6.45) is 1.50. The molecule has 3 aromatic rings. The van der Waals surface area contributed by atoms with Crippen LogP contribution in [-0.4, -0.2) is 21.8 Å². The fraction of sp³-hybridized carbons (Fsp3) is 0.0526. The first kappa shape index (κ1) is 17.2. The van der Waals surface area contributed by atoms with E-state index in [-0.39, 0.29) is 18.1 Å². The molecule has 2 aromatic carbocycles. The van der Waals surface area contributed by atoms with Gasteiger partial charge in [0.1, 0.15) is 0 Å². The summed E-state index contributed by atoms with van der Waals surface area (Å²) in [5, 5.41) is 2.82. The van der Waals surface area contributed by atoms with E-state index in [0.29, 0.717) is 28.2 Å². The largest absolute Gasteiger partial charge is 0.364 e. The van der Waals surface area contributed by atoms with Gasteiger partial charge in [-0.2, -0.15) is 0 Å². The molecule has 0 bridgehead atoms. The standard InChI is InChI=1S/C19H17N5O2/c20-10-15-17(18(21)25)24-16(11-22-15)12-5-4-6-13(9-12)19(26)23-14-7-2-1-3-8-14/h1-9,11H,10,20H2,(H2,21,25)(H,23,26). The zero-order valence-electron chi connectivity index (χ0n) is 13.8. The Balaban J connectivity index is 1.91. The van der Waals surface area contributed by atoms with Gasteiger partial charge in [-0.05, 0) is 24.3 Å². The third kappa shape index (κ3) is 3.73. The number of hydrogen-bond acceptors (Lipinski definition) is 5. The number of aromatic nitrogens is 2. The molecule has 0 saturated carbocycles. The van der Waals surface area contributed by atoms with Gasteiger partial charge in [0.05, 0.1) is 17.6 Å². The average molecular weight is 347 g/mol. The second-order valence-corrected chi connectivity index (χ2v) is 5.52. The van der Waals surface area contributed by atoms with E-state index in [1.807, 2.05) is 18.2 Å². The maximum Gasteiger partial charge on any atom is 0.269 e. The molecule has 7 heteroatoms. The van der Waals surface area contributed by atoms with E-state index >= 15 is 0 Å². The van der Waals surface area contributed by atoms with E-state index in [1.165, 1.54) is 6.20 Å². The lowest BCUT2D eigenvalue weighted by Crippen LogP contribution is -2.19. The van der Waals surface area contributed by atoms with Crippen LogP contribution in [0, 0.1) is 0 Å². The first-order valence-electron chi connectivity index (χ1n) is 7.91. The van der Waals surface area contributed by atoms with Crippen LogP contribution in [0.25, 0.3) is 11.3 Å². The van der Waals surface area contributed by atoms with E-state index in [2.05, 4.69) is 15.3 Å². The summed E-state index contributed by atoms with van der Waals surface area (Å²) in [6, 6.07) is 16.0. The van der Waals surface area contributed by atoms with Crippen molar-refractivity contribution in [3.8, 4) is 11.3 Å². The summed E-state index contributed by atoms with van der Waals surface area (Å²) < 4.78 is 0. The number of nitrogens with one attached hydrogen (secondary N) is 1. The van der Waals surface area contributed by atoms with Gasteiger partial charge in [0, 0.05) is 23.4 Å². The maximum absolute atomic E-state index is 12.4. The number of rotatable bonds is 5. The Morgan fingerprint density at radius 1 is 1.04 bits per heavy atom. The fourth-order valence-electron chi connectivity index (χ4n) is 2.44. The molecule has 7 nitrogen and oxygen atoms in total. The number of nitrogens with zero attached hydrogens (tertiary/aromatic N) is 2. The molecule has 0 aliphatic carbocycles. The Hall–Kier alpha value is -3.58.